The van der Waals surface area contributed by atoms with Crippen LogP contribution in [-0.2, 0) is 0 Å². The molecule has 0 spiro atoms. The van der Waals surface area contributed by atoms with Gasteiger partial charge in [0.05, 0.1) is 26.7 Å². The van der Waals surface area contributed by atoms with Gasteiger partial charge in [0.2, 0.25) is 0 Å². The van der Waals surface area contributed by atoms with Crippen LogP contribution >= 0.6 is 11.6 Å². The first-order valence-electron chi connectivity index (χ1n) is 6.36. The molecule has 1 heterocycles. The maximum Gasteiger partial charge on any atom is 0.271 e. The number of hydrogen-bond donors (Lipinski definition) is 0. The molecule has 5 nitrogen and oxygen atoms in total. The number of nitro benzene ring substituents is 1. The lowest BCUT2D eigenvalue weighted by Gasteiger charge is -2.08. The molecule has 0 aliphatic heterocycles. The van der Waals surface area contributed by atoms with E-state index >= 15 is 0 Å². The molecular weight excluding hydrogens is 290 g/mol. The maximum atomic E-state index is 10.8. The number of fused-ring (bicyclic) bond motifs is 1. The molecule has 0 amide bonds. The third-order valence-corrected chi connectivity index (χ3v) is 3.87. The maximum absolute atomic E-state index is 10.8. The quantitative estimate of drug-likeness (QED) is 0.526. The van der Waals surface area contributed by atoms with Gasteiger partial charge in [-0.1, -0.05) is 11.6 Å². The van der Waals surface area contributed by atoms with Crippen molar-refractivity contribution in [3.05, 3.63) is 62.9 Å². The minimum absolute atomic E-state index is 0.0276. The normalized spacial score (nSPS) is 11.0. The van der Waals surface area contributed by atoms with Gasteiger partial charge in [0, 0.05) is 12.1 Å². The number of nitrogens with zero attached hydrogens (tertiary/aromatic N) is 3. The molecule has 106 valence electrons. The number of aryl methyl sites for hydroxylation is 2. The summed E-state index contributed by atoms with van der Waals surface area (Å²) in [6.45, 7) is 4.07. The molecule has 2 aromatic carbocycles. The summed E-state index contributed by atoms with van der Waals surface area (Å²) < 4.78 is 1.84. The molecule has 21 heavy (non-hydrogen) atoms. The van der Waals surface area contributed by atoms with Crippen molar-refractivity contribution in [2.24, 2.45) is 0 Å². The van der Waals surface area contributed by atoms with E-state index < -0.39 is 4.92 Å². The van der Waals surface area contributed by atoms with Crippen molar-refractivity contribution in [2.75, 3.05) is 0 Å². The Morgan fingerprint density at radius 3 is 2.57 bits per heavy atom. The van der Waals surface area contributed by atoms with Gasteiger partial charge in [0.1, 0.15) is 6.33 Å². The lowest BCUT2D eigenvalue weighted by atomic mass is 10.1. The van der Waals surface area contributed by atoms with Crippen molar-refractivity contribution in [3.63, 3.8) is 0 Å². The van der Waals surface area contributed by atoms with E-state index in [-0.39, 0.29) is 5.69 Å². The minimum Gasteiger partial charge on any atom is -0.297 e. The van der Waals surface area contributed by atoms with E-state index in [1.807, 2.05) is 30.5 Å². The summed E-state index contributed by atoms with van der Waals surface area (Å²) in [5, 5.41) is 11.1. The summed E-state index contributed by atoms with van der Waals surface area (Å²) in [4.78, 5) is 14.7. The van der Waals surface area contributed by atoms with Crippen molar-refractivity contribution in [2.45, 2.75) is 13.8 Å². The third-order valence-electron chi connectivity index (χ3n) is 3.56. The fraction of sp³-hybridized carbons (Fsp3) is 0.133. The second-order valence-electron chi connectivity index (χ2n) is 4.93. The van der Waals surface area contributed by atoms with Crippen molar-refractivity contribution in [1.29, 1.82) is 0 Å². The Morgan fingerprint density at radius 2 is 1.90 bits per heavy atom. The van der Waals surface area contributed by atoms with Crippen LogP contribution in [0.15, 0.2) is 36.7 Å². The molecule has 1 aromatic heterocycles. The molecule has 6 heteroatoms. The Balaban J connectivity index is 2.21. The Hall–Kier alpha value is -2.40. The minimum atomic E-state index is -0.463. The fourth-order valence-corrected chi connectivity index (χ4v) is 2.53. The Morgan fingerprint density at radius 1 is 1.19 bits per heavy atom. The first-order valence-corrected chi connectivity index (χ1v) is 6.74. The summed E-state index contributed by atoms with van der Waals surface area (Å²) in [5.41, 5.74) is 4.76. The van der Waals surface area contributed by atoms with Gasteiger partial charge in [-0.25, -0.2) is 4.98 Å². The van der Waals surface area contributed by atoms with E-state index in [0.717, 1.165) is 16.6 Å². The highest BCUT2D eigenvalue weighted by molar-refractivity contribution is 6.32. The van der Waals surface area contributed by atoms with Gasteiger partial charge in [-0.3, -0.25) is 14.7 Å². The van der Waals surface area contributed by atoms with Gasteiger partial charge < -0.3 is 0 Å². The second kappa shape index (κ2) is 4.86. The predicted molar refractivity (Wildman–Crippen MR) is 82.2 cm³/mol. The standard InChI is InChI=1S/C15H12ClN3O2/c1-9-5-13-15(6-10(9)2)18(8-17-13)14-4-3-11(19(20)21)7-12(14)16/h3-8H,1-2H3. The number of imidazole rings is 1. The highest BCUT2D eigenvalue weighted by atomic mass is 35.5. The van der Waals surface area contributed by atoms with E-state index in [9.17, 15) is 10.1 Å². The topological polar surface area (TPSA) is 61.0 Å². The summed E-state index contributed by atoms with van der Waals surface area (Å²) in [7, 11) is 0. The van der Waals surface area contributed by atoms with Crippen molar-refractivity contribution < 1.29 is 4.92 Å². The van der Waals surface area contributed by atoms with Gasteiger partial charge in [-0.2, -0.15) is 0 Å². The molecule has 0 radical (unpaired) electrons. The molecule has 0 N–H and O–H groups in total. The van der Waals surface area contributed by atoms with Crippen molar-refractivity contribution in [3.8, 4) is 5.69 Å². The SMILES string of the molecule is Cc1cc2ncn(-c3ccc([N+](=O)[O-])cc3Cl)c2cc1C. The number of hydrogen-bond acceptors (Lipinski definition) is 3. The summed E-state index contributed by atoms with van der Waals surface area (Å²) >= 11 is 6.18. The Labute approximate surface area is 125 Å². The van der Waals surface area contributed by atoms with Crippen LogP contribution in [0.4, 0.5) is 5.69 Å². The molecule has 0 bridgehead atoms. The number of rotatable bonds is 2. The fourth-order valence-electron chi connectivity index (χ4n) is 2.26. The zero-order valence-corrected chi connectivity index (χ0v) is 12.3. The molecule has 3 rings (SSSR count). The van der Waals surface area contributed by atoms with Gasteiger partial charge in [-0.05, 0) is 43.2 Å². The third kappa shape index (κ3) is 2.25. The molecule has 0 atom stereocenters. The molecule has 0 saturated carbocycles. The van der Waals surface area contributed by atoms with Crippen LogP contribution in [0, 0.1) is 24.0 Å². The van der Waals surface area contributed by atoms with Gasteiger partial charge in [-0.15, -0.1) is 0 Å². The van der Waals surface area contributed by atoms with E-state index in [4.69, 9.17) is 11.6 Å². The number of nitro groups is 1. The zero-order valence-electron chi connectivity index (χ0n) is 11.5. The second-order valence-corrected chi connectivity index (χ2v) is 5.34. The van der Waals surface area contributed by atoms with Crippen LogP contribution < -0.4 is 0 Å². The Kier molecular flexibility index (Phi) is 3.14. The molecule has 0 aliphatic rings. The Bertz CT molecular complexity index is 871. The largest absolute Gasteiger partial charge is 0.297 e. The smallest absolute Gasteiger partial charge is 0.271 e. The lowest BCUT2D eigenvalue weighted by Crippen LogP contribution is -1.95. The molecular formula is C15H12ClN3O2. The van der Waals surface area contributed by atoms with Gasteiger partial charge in [0.15, 0.2) is 0 Å². The highest BCUT2D eigenvalue weighted by Crippen LogP contribution is 2.29. The van der Waals surface area contributed by atoms with E-state index in [1.54, 1.807) is 12.4 Å². The van der Waals surface area contributed by atoms with Crippen LogP contribution in [0.2, 0.25) is 5.02 Å². The summed E-state index contributed by atoms with van der Waals surface area (Å²) in [5.74, 6) is 0. The first-order chi connectivity index (χ1) is 9.97. The monoisotopic (exact) mass is 301 g/mol. The number of halogens is 1. The van der Waals surface area contributed by atoms with Crippen LogP contribution in [0.3, 0.4) is 0 Å². The molecule has 0 fully saturated rings. The van der Waals surface area contributed by atoms with Crippen LogP contribution in [0.5, 0.6) is 0 Å². The first kappa shape index (κ1) is 13.6. The summed E-state index contributed by atoms with van der Waals surface area (Å²) in [6.07, 6.45) is 1.68. The van der Waals surface area contributed by atoms with Crippen LogP contribution in [0.1, 0.15) is 11.1 Å². The number of benzene rings is 2. The van der Waals surface area contributed by atoms with Gasteiger partial charge >= 0.3 is 0 Å². The number of non-ortho nitro benzene ring substituents is 1. The van der Waals surface area contributed by atoms with Crippen LogP contribution in [0.25, 0.3) is 16.7 Å². The number of aromatic nitrogens is 2. The molecule has 0 unspecified atom stereocenters. The van der Waals surface area contributed by atoms with Crippen molar-refractivity contribution in [1.82, 2.24) is 9.55 Å². The van der Waals surface area contributed by atoms with Crippen LogP contribution in [-0.4, -0.2) is 14.5 Å². The van der Waals surface area contributed by atoms with Gasteiger partial charge in [0.25, 0.3) is 5.69 Å². The molecule has 3 aromatic rings. The molecule has 0 saturated heterocycles. The molecule has 0 aliphatic carbocycles. The average Bonchev–Trinajstić information content (AvgIpc) is 2.82. The zero-order chi connectivity index (χ0) is 15.1. The predicted octanol–water partition coefficient (Wildman–Crippen LogP) is 4.20. The average molecular weight is 302 g/mol. The van der Waals surface area contributed by atoms with Crippen molar-refractivity contribution >= 4 is 28.3 Å². The lowest BCUT2D eigenvalue weighted by molar-refractivity contribution is -0.384. The van der Waals surface area contributed by atoms with E-state index in [2.05, 4.69) is 4.98 Å². The van der Waals surface area contributed by atoms with E-state index in [0.29, 0.717) is 10.7 Å². The summed E-state index contributed by atoms with van der Waals surface area (Å²) in [6, 6.07) is 8.48. The highest BCUT2D eigenvalue weighted by Gasteiger charge is 2.13. The van der Waals surface area contributed by atoms with E-state index in [1.165, 1.54) is 17.7 Å².